The molecule has 0 bridgehead atoms. The maximum Gasteiger partial charge on any atom is 0.269 e. The predicted octanol–water partition coefficient (Wildman–Crippen LogP) is 2.47. The average Bonchev–Trinajstić information content (AvgIpc) is 2.70. The second-order valence-electron chi connectivity index (χ2n) is 5.79. The number of para-hydroxylation sites is 1. The maximum atomic E-state index is 12.3. The molecule has 28 heavy (non-hydrogen) atoms. The van der Waals surface area contributed by atoms with E-state index in [-0.39, 0.29) is 12.2 Å². The molecule has 3 rings (SSSR count). The minimum absolute atomic E-state index is 0.0784. The third-order valence-electron chi connectivity index (χ3n) is 3.94. The van der Waals surface area contributed by atoms with Crippen molar-refractivity contribution in [3.8, 4) is 17.0 Å². The van der Waals surface area contributed by atoms with Gasteiger partial charge >= 0.3 is 0 Å². The molecule has 9 heteroatoms. The van der Waals surface area contributed by atoms with Crippen molar-refractivity contribution in [1.82, 2.24) is 9.55 Å². The molecule has 0 aliphatic carbocycles. The SMILES string of the molecule is COc1ccccc1-c1cc(=O)n(CC(=O)Nc2ccc([N+](=O)[O-])cc2)cn1. The lowest BCUT2D eigenvalue weighted by Gasteiger charge is -2.10. The van der Waals surface area contributed by atoms with Gasteiger partial charge < -0.3 is 10.1 Å². The van der Waals surface area contributed by atoms with Gasteiger partial charge in [-0.2, -0.15) is 0 Å². The van der Waals surface area contributed by atoms with Gasteiger partial charge in [-0.05, 0) is 24.3 Å². The minimum Gasteiger partial charge on any atom is -0.496 e. The van der Waals surface area contributed by atoms with Crippen LogP contribution in [0.2, 0.25) is 0 Å². The van der Waals surface area contributed by atoms with Crippen molar-refractivity contribution in [2.45, 2.75) is 6.54 Å². The number of amides is 1. The lowest BCUT2D eigenvalue weighted by Crippen LogP contribution is -2.27. The summed E-state index contributed by atoms with van der Waals surface area (Å²) in [5, 5.41) is 13.2. The first kappa shape index (κ1) is 18.8. The topological polar surface area (TPSA) is 116 Å². The summed E-state index contributed by atoms with van der Waals surface area (Å²) in [6.45, 7) is -0.241. The zero-order valence-electron chi connectivity index (χ0n) is 14.9. The average molecular weight is 380 g/mol. The fraction of sp³-hybridized carbons (Fsp3) is 0.105. The number of nitrogens with one attached hydrogen (secondary N) is 1. The van der Waals surface area contributed by atoms with E-state index in [0.717, 1.165) is 0 Å². The van der Waals surface area contributed by atoms with Crippen molar-refractivity contribution >= 4 is 17.3 Å². The third-order valence-corrected chi connectivity index (χ3v) is 3.94. The Labute approximate surface area is 159 Å². The highest BCUT2D eigenvalue weighted by Crippen LogP contribution is 2.26. The summed E-state index contributed by atoms with van der Waals surface area (Å²) >= 11 is 0. The van der Waals surface area contributed by atoms with E-state index >= 15 is 0 Å². The summed E-state index contributed by atoms with van der Waals surface area (Å²) in [6, 6.07) is 13.9. The first-order chi connectivity index (χ1) is 13.5. The summed E-state index contributed by atoms with van der Waals surface area (Å²) in [5.74, 6) is 0.130. The molecular formula is C19H16N4O5. The minimum atomic E-state index is -0.528. The second kappa shape index (κ2) is 8.12. The Morgan fingerprint density at radius 3 is 2.57 bits per heavy atom. The van der Waals surface area contributed by atoms with E-state index < -0.39 is 16.4 Å². The molecule has 0 saturated carbocycles. The van der Waals surface area contributed by atoms with Gasteiger partial charge in [-0.25, -0.2) is 4.98 Å². The quantitative estimate of drug-likeness (QED) is 0.519. The number of non-ortho nitro benzene ring substituents is 1. The lowest BCUT2D eigenvalue weighted by molar-refractivity contribution is -0.384. The van der Waals surface area contributed by atoms with Gasteiger partial charge in [0.1, 0.15) is 12.3 Å². The molecule has 0 unspecified atom stereocenters. The molecule has 1 heterocycles. The monoisotopic (exact) mass is 380 g/mol. The van der Waals surface area contributed by atoms with Gasteiger partial charge in [0.2, 0.25) is 5.91 Å². The van der Waals surface area contributed by atoms with Gasteiger partial charge in [-0.15, -0.1) is 0 Å². The molecule has 9 nitrogen and oxygen atoms in total. The second-order valence-corrected chi connectivity index (χ2v) is 5.79. The van der Waals surface area contributed by atoms with E-state index in [9.17, 15) is 19.7 Å². The number of hydrogen-bond donors (Lipinski definition) is 1. The molecule has 0 radical (unpaired) electrons. The molecule has 0 fully saturated rings. The highest BCUT2D eigenvalue weighted by molar-refractivity contribution is 5.90. The van der Waals surface area contributed by atoms with E-state index in [0.29, 0.717) is 22.7 Å². The molecule has 1 N–H and O–H groups in total. The van der Waals surface area contributed by atoms with E-state index in [1.165, 1.54) is 48.3 Å². The molecule has 0 atom stereocenters. The van der Waals surface area contributed by atoms with Crippen LogP contribution in [0.15, 0.2) is 65.7 Å². The zero-order valence-corrected chi connectivity index (χ0v) is 14.9. The molecule has 1 aromatic heterocycles. The van der Waals surface area contributed by atoms with Crippen LogP contribution >= 0.6 is 0 Å². The molecule has 0 saturated heterocycles. The molecule has 2 aromatic carbocycles. The Bertz CT molecular complexity index is 1080. The maximum absolute atomic E-state index is 12.3. The predicted molar refractivity (Wildman–Crippen MR) is 102 cm³/mol. The number of ether oxygens (including phenoxy) is 1. The molecule has 0 aliphatic rings. The van der Waals surface area contributed by atoms with Gasteiger partial charge in [0.05, 0.1) is 24.1 Å². The van der Waals surface area contributed by atoms with Gasteiger partial charge in [-0.3, -0.25) is 24.3 Å². The van der Waals surface area contributed by atoms with Crippen molar-refractivity contribution in [1.29, 1.82) is 0 Å². The Morgan fingerprint density at radius 1 is 1.21 bits per heavy atom. The first-order valence-electron chi connectivity index (χ1n) is 8.22. The zero-order chi connectivity index (χ0) is 20.1. The third kappa shape index (κ3) is 4.21. The number of aromatic nitrogens is 2. The molecule has 3 aromatic rings. The largest absolute Gasteiger partial charge is 0.496 e. The van der Waals surface area contributed by atoms with Crippen LogP contribution in [0.1, 0.15) is 0 Å². The van der Waals surface area contributed by atoms with Crippen molar-refractivity contribution < 1.29 is 14.5 Å². The Morgan fingerprint density at radius 2 is 1.93 bits per heavy atom. The van der Waals surface area contributed by atoms with Gasteiger partial charge in [0.15, 0.2) is 0 Å². The van der Waals surface area contributed by atoms with Crippen LogP contribution in [-0.2, 0) is 11.3 Å². The van der Waals surface area contributed by atoms with Crippen molar-refractivity contribution in [2.75, 3.05) is 12.4 Å². The molecule has 0 spiro atoms. The van der Waals surface area contributed by atoms with Crippen LogP contribution in [0.25, 0.3) is 11.3 Å². The first-order valence-corrected chi connectivity index (χ1v) is 8.22. The fourth-order valence-electron chi connectivity index (χ4n) is 2.57. The normalized spacial score (nSPS) is 10.3. The van der Waals surface area contributed by atoms with E-state index in [2.05, 4.69) is 10.3 Å². The van der Waals surface area contributed by atoms with Crippen molar-refractivity contribution in [3.63, 3.8) is 0 Å². The Kier molecular flexibility index (Phi) is 5.45. The Balaban J connectivity index is 1.73. The van der Waals surface area contributed by atoms with E-state index in [1.54, 1.807) is 12.1 Å². The van der Waals surface area contributed by atoms with Crippen LogP contribution in [0.4, 0.5) is 11.4 Å². The van der Waals surface area contributed by atoms with E-state index in [1.807, 2.05) is 12.1 Å². The summed E-state index contributed by atoms with van der Waals surface area (Å²) in [6.07, 6.45) is 1.29. The van der Waals surface area contributed by atoms with Gasteiger partial charge in [0.25, 0.3) is 11.2 Å². The number of methoxy groups -OCH3 is 1. The number of nitrogens with zero attached hydrogens (tertiary/aromatic N) is 3. The highest BCUT2D eigenvalue weighted by Gasteiger charge is 2.11. The number of carbonyl (C=O) groups excluding carboxylic acids is 1. The van der Waals surface area contributed by atoms with Crippen LogP contribution in [0.3, 0.4) is 0 Å². The summed E-state index contributed by atoms with van der Waals surface area (Å²) in [5.41, 5.74) is 1.03. The number of benzene rings is 2. The summed E-state index contributed by atoms with van der Waals surface area (Å²) in [4.78, 5) is 38.9. The number of hydrogen-bond acceptors (Lipinski definition) is 6. The number of rotatable bonds is 6. The van der Waals surface area contributed by atoms with Crippen LogP contribution in [0.5, 0.6) is 5.75 Å². The van der Waals surface area contributed by atoms with E-state index in [4.69, 9.17) is 4.74 Å². The molecular weight excluding hydrogens is 364 g/mol. The van der Waals surface area contributed by atoms with Crippen LogP contribution < -0.4 is 15.6 Å². The lowest BCUT2D eigenvalue weighted by atomic mass is 10.1. The van der Waals surface area contributed by atoms with Gasteiger partial charge in [0, 0.05) is 29.4 Å². The van der Waals surface area contributed by atoms with Crippen molar-refractivity contribution in [3.05, 3.63) is 81.4 Å². The van der Waals surface area contributed by atoms with Gasteiger partial charge in [-0.1, -0.05) is 12.1 Å². The standard InChI is InChI=1S/C19H16N4O5/c1-28-17-5-3-2-4-15(17)16-10-19(25)22(12-20-16)11-18(24)21-13-6-8-14(9-7-13)23(26)27/h2-10,12H,11H2,1H3,(H,21,24). The summed E-state index contributed by atoms with van der Waals surface area (Å²) in [7, 11) is 1.53. The smallest absolute Gasteiger partial charge is 0.269 e. The Hall–Kier alpha value is -4.01. The molecule has 142 valence electrons. The summed E-state index contributed by atoms with van der Waals surface area (Å²) < 4.78 is 6.44. The number of nitro benzene ring substituents is 1. The number of carbonyl (C=O) groups is 1. The number of anilines is 1. The molecule has 0 aliphatic heterocycles. The highest BCUT2D eigenvalue weighted by atomic mass is 16.6. The number of nitro groups is 1. The fourth-order valence-corrected chi connectivity index (χ4v) is 2.57. The van der Waals surface area contributed by atoms with Crippen LogP contribution in [-0.4, -0.2) is 27.5 Å². The molecule has 1 amide bonds. The van der Waals surface area contributed by atoms with Crippen LogP contribution in [0, 0.1) is 10.1 Å². The van der Waals surface area contributed by atoms with Crippen molar-refractivity contribution in [2.24, 2.45) is 0 Å².